The van der Waals surface area contributed by atoms with Gasteiger partial charge in [0.2, 0.25) is 10.0 Å². The molecule has 1 unspecified atom stereocenters. The van der Waals surface area contributed by atoms with E-state index in [0.717, 1.165) is 18.6 Å². The fraction of sp³-hybridized carbons (Fsp3) is 0.381. The van der Waals surface area contributed by atoms with Crippen LogP contribution in [0.25, 0.3) is 0 Å². The Labute approximate surface area is 170 Å². The summed E-state index contributed by atoms with van der Waals surface area (Å²) in [7, 11) is -3.80. The molecular formula is C21H24FNO5S. The molecule has 1 saturated heterocycles. The molecule has 1 atom stereocenters. The average molecular weight is 421 g/mol. The van der Waals surface area contributed by atoms with E-state index in [9.17, 15) is 17.6 Å². The van der Waals surface area contributed by atoms with Gasteiger partial charge in [-0.05, 0) is 55.7 Å². The van der Waals surface area contributed by atoms with Crippen molar-refractivity contribution in [2.45, 2.75) is 31.1 Å². The number of halogens is 1. The van der Waals surface area contributed by atoms with Crippen LogP contribution in [0.5, 0.6) is 11.5 Å². The second-order valence-electron chi connectivity index (χ2n) is 6.87. The number of hydrogen-bond acceptors (Lipinski definition) is 5. The molecule has 29 heavy (non-hydrogen) atoms. The second kappa shape index (κ2) is 9.37. The summed E-state index contributed by atoms with van der Waals surface area (Å²) in [6, 6.07) is 11.6. The van der Waals surface area contributed by atoms with Crippen molar-refractivity contribution in [2.75, 3.05) is 19.7 Å². The molecule has 1 heterocycles. The van der Waals surface area contributed by atoms with Crippen LogP contribution in [-0.2, 0) is 14.8 Å². The SMILES string of the molecule is CCCOc1ccccc1OC(=O)C1CCCN(S(=O)(=O)c2ccc(F)cc2)C1. The Hall–Kier alpha value is -2.45. The van der Waals surface area contributed by atoms with Gasteiger partial charge < -0.3 is 9.47 Å². The third-order valence-electron chi connectivity index (χ3n) is 4.69. The lowest BCUT2D eigenvalue weighted by Crippen LogP contribution is -2.43. The van der Waals surface area contributed by atoms with Gasteiger partial charge in [0.1, 0.15) is 5.82 Å². The predicted octanol–water partition coefficient (Wildman–Crippen LogP) is 3.62. The third kappa shape index (κ3) is 5.13. The minimum absolute atomic E-state index is 0.00577. The lowest BCUT2D eigenvalue weighted by Gasteiger charge is -2.30. The largest absolute Gasteiger partial charge is 0.490 e. The minimum Gasteiger partial charge on any atom is -0.490 e. The van der Waals surface area contributed by atoms with Crippen molar-refractivity contribution in [3.05, 3.63) is 54.3 Å². The normalized spacial score (nSPS) is 17.7. The fourth-order valence-corrected chi connectivity index (χ4v) is 4.69. The van der Waals surface area contributed by atoms with Crippen LogP contribution in [0, 0.1) is 11.7 Å². The summed E-state index contributed by atoms with van der Waals surface area (Å²) >= 11 is 0. The topological polar surface area (TPSA) is 72.9 Å². The first kappa shape index (κ1) is 21.3. The number of carbonyl (C=O) groups excluding carboxylic acids is 1. The molecular weight excluding hydrogens is 397 g/mol. The molecule has 0 spiro atoms. The molecule has 2 aromatic carbocycles. The van der Waals surface area contributed by atoms with Crippen LogP contribution in [0.1, 0.15) is 26.2 Å². The quantitative estimate of drug-likeness (QED) is 0.504. The molecule has 1 fully saturated rings. The van der Waals surface area contributed by atoms with E-state index in [-0.39, 0.29) is 11.4 Å². The Morgan fingerprint density at radius 3 is 2.52 bits per heavy atom. The van der Waals surface area contributed by atoms with Crippen molar-refractivity contribution in [1.29, 1.82) is 0 Å². The molecule has 0 aliphatic carbocycles. The van der Waals surface area contributed by atoms with Crippen LogP contribution in [0.2, 0.25) is 0 Å². The third-order valence-corrected chi connectivity index (χ3v) is 6.57. The predicted molar refractivity (Wildman–Crippen MR) is 106 cm³/mol. The molecule has 2 aromatic rings. The van der Waals surface area contributed by atoms with E-state index in [1.165, 1.54) is 16.4 Å². The first-order valence-electron chi connectivity index (χ1n) is 9.61. The molecule has 0 bridgehead atoms. The number of sulfonamides is 1. The van der Waals surface area contributed by atoms with Gasteiger partial charge in [-0.1, -0.05) is 19.1 Å². The number of rotatable bonds is 7. The van der Waals surface area contributed by atoms with Crippen LogP contribution in [0.15, 0.2) is 53.4 Å². The average Bonchev–Trinajstić information content (AvgIpc) is 2.73. The standard InChI is InChI=1S/C21H24FNO5S/c1-2-14-27-19-7-3-4-8-20(19)28-21(24)16-6-5-13-23(15-16)29(25,26)18-11-9-17(22)10-12-18/h3-4,7-12,16H,2,5-6,13-15H2,1H3. The van der Waals surface area contributed by atoms with Crippen LogP contribution >= 0.6 is 0 Å². The summed E-state index contributed by atoms with van der Waals surface area (Å²) in [6.45, 7) is 2.81. The highest BCUT2D eigenvalue weighted by Crippen LogP contribution is 2.30. The number of hydrogen-bond donors (Lipinski definition) is 0. The number of nitrogens with zero attached hydrogens (tertiary/aromatic N) is 1. The van der Waals surface area contributed by atoms with Gasteiger partial charge in [0.15, 0.2) is 11.5 Å². The minimum atomic E-state index is -3.80. The fourth-order valence-electron chi connectivity index (χ4n) is 3.17. The second-order valence-corrected chi connectivity index (χ2v) is 8.81. The summed E-state index contributed by atoms with van der Waals surface area (Å²) in [5, 5.41) is 0. The molecule has 0 aromatic heterocycles. The zero-order chi connectivity index (χ0) is 20.9. The van der Waals surface area contributed by atoms with E-state index < -0.39 is 27.7 Å². The van der Waals surface area contributed by atoms with Crippen molar-refractivity contribution < 1.29 is 27.1 Å². The smallest absolute Gasteiger partial charge is 0.315 e. The number of para-hydroxylation sites is 2. The monoisotopic (exact) mass is 421 g/mol. The van der Waals surface area contributed by atoms with E-state index in [0.29, 0.717) is 37.5 Å². The number of esters is 1. The van der Waals surface area contributed by atoms with Crippen molar-refractivity contribution in [3.8, 4) is 11.5 Å². The highest BCUT2D eigenvalue weighted by atomic mass is 32.2. The van der Waals surface area contributed by atoms with Gasteiger partial charge in [-0.2, -0.15) is 4.31 Å². The van der Waals surface area contributed by atoms with Gasteiger partial charge in [0, 0.05) is 13.1 Å². The zero-order valence-electron chi connectivity index (χ0n) is 16.2. The maximum absolute atomic E-state index is 13.1. The molecule has 0 N–H and O–H groups in total. The number of benzene rings is 2. The maximum atomic E-state index is 13.1. The first-order chi connectivity index (χ1) is 13.9. The number of ether oxygens (including phenoxy) is 2. The van der Waals surface area contributed by atoms with Crippen molar-refractivity contribution in [2.24, 2.45) is 5.92 Å². The lowest BCUT2D eigenvalue weighted by molar-refractivity contribution is -0.140. The van der Waals surface area contributed by atoms with E-state index >= 15 is 0 Å². The summed E-state index contributed by atoms with van der Waals surface area (Å²) in [4.78, 5) is 12.7. The van der Waals surface area contributed by atoms with E-state index in [2.05, 4.69) is 0 Å². The molecule has 6 nitrogen and oxygen atoms in total. The Morgan fingerprint density at radius 2 is 1.83 bits per heavy atom. The van der Waals surface area contributed by atoms with Crippen molar-refractivity contribution in [1.82, 2.24) is 4.31 Å². The van der Waals surface area contributed by atoms with E-state index in [1.807, 2.05) is 6.92 Å². The Morgan fingerprint density at radius 1 is 1.14 bits per heavy atom. The van der Waals surface area contributed by atoms with Gasteiger partial charge in [-0.25, -0.2) is 12.8 Å². The summed E-state index contributed by atoms with van der Waals surface area (Å²) < 4.78 is 51.2. The molecule has 0 saturated carbocycles. The van der Waals surface area contributed by atoms with E-state index in [1.54, 1.807) is 24.3 Å². The van der Waals surface area contributed by atoms with Gasteiger partial charge >= 0.3 is 5.97 Å². The number of piperidine rings is 1. The summed E-state index contributed by atoms with van der Waals surface area (Å²) in [5.74, 6) is -0.776. The Bertz CT molecular complexity index is 946. The molecule has 0 amide bonds. The lowest BCUT2D eigenvalue weighted by atomic mass is 10.00. The van der Waals surface area contributed by atoms with E-state index in [4.69, 9.17) is 9.47 Å². The van der Waals surface area contributed by atoms with Crippen LogP contribution < -0.4 is 9.47 Å². The molecule has 8 heteroatoms. The zero-order valence-corrected chi connectivity index (χ0v) is 17.0. The van der Waals surface area contributed by atoms with Crippen LogP contribution in [0.4, 0.5) is 4.39 Å². The van der Waals surface area contributed by atoms with Crippen LogP contribution in [-0.4, -0.2) is 38.4 Å². The summed E-state index contributed by atoms with van der Waals surface area (Å²) in [6.07, 6.45) is 1.89. The maximum Gasteiger partial charge on any atom is 0.315 e. The molecule has 156 valence electrons. The highest BCUT2D eigenvalue weighted by Gasteiger charge is 2.34. The Kier molecular flexibility index (Phi) is 6.87. The van der Waals surface area contributed by atoms with Gasteiger partial charge in [-0.15, -0.1) is 0 Å². The summed E-state index contributed by atoms with van der Waals surface area (Å²) in [5.41, 5.74) is 0. The van der Waals surface area contributed by atoms with Gasteiger partial charge in [0.25, 0.3) is 0 Å². The molecule has 0 radical (unpaired) electrons. The highest BCUT2D eigenvalue weighted by molar-refractivity contribution is 7.89. The van der Waals surface area contributed by atoms with Crippen molar-refractivity contribution >= 4 is 16.0 Å². The Balaban J connectivity index is 1.71. The van der Waals surface area contributed by atoms with Crippen LogP contribution in [0.3, 0.4) is 0 Å². The molecule has 3 rings (SSSR count). The van der Waals surface area contributed by atoms with Gasteiger partial charge in [-0.3, -0.25) is 4.79 Å². The van der Waals surface area contributed by atoms with Crippen molar-refractivity contribution in [3.63, 3.8) is 0 Å². The first-order valence-corrected chi connectivity index (χ1v) is 11.0. The number of carbonyl (C=O) groups is 1. The molecule has 1 aliphatic rings. The van der Waals surface area contributed by atoms with Gasteiger partial charge in [0.05, 0.1) is 17.4 Å². The molecule has 1 aliphatic heterocycles.